The molecule has 0 aromatic carbocycles. The van der Waals surface area contributed by atoms with E-state index in [1.165, 1.54) is 51.4 Å². The Bertz CT molecular complexity index is 655. The van der Waals surface area contributed by atoms with Crippen LogP contribution in [0.15, 0.2) is 12.2 Å². The van der Waals surface area contributed by atoms with Crippen molar-refractivity contribution in [2.75, 3.05) is 0 Å². The highest BCUT2D eigenvalue weighted by Crippen LogP contribution is 2.68. The van der Waals surface area contributed by atoms with Crippen molar-refractivity contribution in [2.45, 2.75) is 105 Å². The van der Waals surface area contributed by atoms with Gasteiger partial charge in [-0.05, 0) is 117 Å². The van der Waals surface area contributed by atoms with Gasteiger partial charge in [-0.25, -0.2) is 0 Å². The van der Waals surface area contributed by atoms with Gasteiger partial charge in [-0.15, -0.1) is 0 Å². The maximum atomic E-state index is 12.1. The second-order valence-electron chi connectivity index (χ2n) is 11.6. The van der Waals surface area contributed by atoms with Crippen molar-refractivity contribution in [3.8, 4) is 0 Å². The molecule has 9 atom stereocenters. The molecule has 0 heterocycles. The third kappa shape index (κ3) is 3.24. The van der Waals surface area contributed by atoms with Crippen LogP contribution < -0.4 is 0 Å². The van der Waals surface area contributed by atoms with Gasteiger partial charge < -0.3 is 0 Å². The summed E-state index contributed by atoms with van der Waals surface area (Å²) in [5.41, 5.74) is 1.64. The highest BCUT2D eigenvalue weighted by molar-refractivity contribution is 5.94. The Labute approximate surface area is 175 Å². The number of hydrogen-bond acceptors (Lipinski definition) is 1. The molecule has 4 aliphatic carbocycles. The van der Waals surface area contributed by atoms with Crippen LogP contribution in [0.25, 0.3) is 0 Å². The standard InChI is InChI=1S/C27H44O/c1-18(2)25(28)14-9-19(3)22-12-13-23-21-11-10-20-8-6-7-16-26(20,4)24(21)15-17-27(22,23)5/h19-24H,1,6-17H2,2-5H3/t19-,20?,21+,22-,23+,24+,26+,27-/m1/s1/i8D/t8?,19-,20?,21+,22-,23+,24+,26+,27-. The first-order chi connectivity index (χ1) is 13.7. The molecule has 0 radical (unpaired) electrons. The van der Waals surface area contributed by atoms with Gasteiger partial charge in [-0.2, -0.15) is 0 Å². The molecule has 1 heteroatoms. The van der Waals surface area contributed by atoms with Gasteiger partial charge in [0.15, 0.2) is 5.78 Å². The summed E-state index contributed by atoms with van der Waals surface area (Å²) >= 11 is 0. The van der Waals surface area contributed by atoms with E-state index in [4.69, 9.17) is 1.37 Å². The van der Waals surface area contributed by atoms with Crippen molar-refractivity contribution in [3.05, 3.63) is 12.2 Å². The lowest BCUT2D eigenvalue weighted by atomic mass is 9.44. The molecule has 1 nitrogen and oxygen atoms in total. The molecular weight excluding hydrogens is 340 g/mol. The molecule has 4 saturated carbocycles. The SMILES string of the molecule is [2H]C1CCC[C@@]2(C)C1CC[C@H]1[C@@H]3CC[C@H]([C@H](C)CCC(=O)C(=C)C)[C@@]3(C)CC[C@@H]12. The monoisotopic (exact) mass is 385 g/mol. The molecule has 0 aromatic heterocycles. The van der Waals surface area contributed by atoms with Crippen LogP contribution in [0.3, 0.4) is 0 Å². The van der Waals surface area contributed by atoms with E-state index in [1.807, 2.05) is 6.92 Å². The van der Waals surface area contributed by atoms with Crippen LogP contribution in [0.1, 0.15) is 106 Å². The molecule has 0 spiro atoms. The lowest BCUT2D eigenvalue weighted by Crippen LogP contribution is -2.53. The van der Waals surface area contributed by atoms with Crippen molar-refractivity contribution in [3.63, 3.8) is 0 Å². The molecule has 158 valence electrons. The molecule has 0 aromatic rings. The van der Waals surface area contributed by atoms with Crippen LogP contribution in [-0.4, -0.2) is 5.78 Å². The van der Waals surface area contributed by atoms with Gasteiger partial charge in [0.2, 0.25) is 0 Å². The molecule has 4 rings (SSSR count). The van der Waals surface area contributed by atoms with Gasteiger partial charge >= 0.3 is 0 Å². The maximum Gasteiger partial charge on any atom is 0.157 e. The Kier molecular flexibility index (Phi) is 5.25. The molecule has 0 bridgehead atoms. The van der Waals surface area contributed by atoms with Gasteiger partial charge in [0.25, 0.3) is 0 Å². The molecule has 2 unspecified atom stereocenters. The lowest BCUT2D eigenvalue weighted by Gasteiger charge is -2.61. The van der Waals surface area contributed by atoms with Gasteiger partial charge in [0.1, 0.15) is 0 Å². The van der Waals surface area contributed by atoms with Crippen molar-refractivity contribution in [1.29, 1.82) is 0 Å². The summed E-state index contributed by atoms with van der Waals surface area (Å²) in [4.78, 5) is 12.1. The lowest BCUT2D eigenvalue weighted by molar-refractivity contribution is -0.118. The average Bonchev–Trinajstić information content (AvgIpc) is 3.03. The van der Waals surface area contributed by atoms with Crippen molar-refractivity contribution < 1.29 is 6.17 Å². The number of ketones is 1. The number of carbonyl (C=O) groups is 1. The minimum Gasteiger partial charge on any atom is -0.295 e. The fourth-order valence-corrected chi connectivity index (χ4v) is 8.79. The second kappa shape index (κ2) is 7.59. The summed E-state index contributed by atoms with van der Waals surface area (Å²) in [7, 11) is 0. The third-order valence-corrected chi connectivity index (χ3v) is 10.4. The summed E-state index contributed by atoms with van der Waals surface area (Å²) in [6.07, 6.45) is 14.0. The summed E-state index contributed by atoms with van der Waals surface area (Å²) in [5, 5.41) is 0. The van der Waals surface area contributed by atoms with E-state index in [-0.39, 0.29) is 12.2 Å². The zero-order valence-corrected chi connectivity index (χ0v) is 18.9. The number of rotatable bonds is 5. The fraction of sp³-hybridized carbons (Fsp3) is 0.889. The molecular formula is C27H44O. The Morgan fingerprint density at radius 3 is 2.57 bits per heavy atom. The molecule has 4 fully saturated rings. The molecule has 0 amide bonds. The number of fused-ring (bicyclic) bond motifs is 5. The zero-order chi connectivity index (χ0) is 21.0. The number of carbonyl (C=O) groups excluding carboxylic acids is 1. The van der Waals surface area contributed by atoms with E-state index in [1.54, 1.807) is 0 Å². The fourth-order valence-electron chi connectivity index (χ4n) is 8.79. The summed E-state index contributed by atoms with van der Waals surface area (Å²) < 4.78 is 8.68. The Morgan fingerprint density at radius 2 is 1.82 bits per heavy atom. The normalized spacial score (nSPS) is 49.4. The first-order valence-electron chi connectivity index (χ1n) is 12.9. The quantitative estimate of drug-likeness (QED) is 0.445. The summed E-state index contributed by atoms with van der Waals surface area (Å²) in [5.74, 6) is 4.99. The van der Waals surface area contributed by atoms with Crippen molar-refractivity contribution in [1.82, 2.24) is 0 Å². The van der Waals surface area contributed by atoms with E-state index in [9.17, 15) is 4.79 Å². The van der Waals surface area contributed by atoms with Crippen LogP contribution in [0, 0.1) is 46.3 Å². The Balaban J connectivity index is 1.48. The molecule has 0 N–H and O–H groups in total. The van der Waals surface area contributed by atoms with Gasteiger partial charge in [0.05, 0.1) is 0 Å². The van der Waals surface area contributed by atoms with Crippen LogP contribution in [-0.2, 0) is 4.79 Å². The topological polar surface area (TPSA) is 17.1 Å². The van der Waals surface area contributed by atoms with E-state index in [0.717, 1.165) is 42.1 Å². The smallest absolute Gasteiger partial charge is 0.157 e. The molecule has 28 heavy (non-hydrogen) atoms. The zero-order valence-electron chi connectivity index (χ0n) is 19.9. The van der Waals surface area contributed by atoms with Crippen LogP contribution in [0.5, 0.6) is 0 Å². The van der Waals surface area contributed by atoms with Crippen LogP contribution in [0.4, 0.5) is 0 Å². The number of hydrogen-bond donors (Lipinski definition) is 0. The molecule has 0 aliphatic heterocycles. The van der Waals surface area contributed by atoms with Gasteiger partial charge in [0, 0.05) is 7.79 Å². The number of Topliss-reactive ketones (excluding diaryl/α,β-unsaturated/α-hetero) is 1. The first-order valence-corrected chi connectivity index (χ1v) is 12.3. The van der Waals surface area contributed by atoms with E-state index >= 15 is 0 Å². The molecule has 0 saturated heterocycles. The highest BCUT2D eigenvalue weighted by atomic mass is 16.1. The van der Waals surface area contributed by atoms with Crippen LogP contribution in [0.2, 0.25) is 0 Å². The largest absolute Gasteiger partial charge is 0.295 e. The average molecular weight is 386 g/mol. The highest BCUT2D eigenvalue weighted by Gasteiger charge is 2.60. The van der Waals surface area contributed by atoms with Crippen molar-refractivity contribution >= 4 is 5.78 Å². The second-order valence-corrected chi connectivity index (χ2v) is 11.6. The maximum absolute atomic E-state index is 12.1. The third-order valence-electron chi connectivity index (χ3n) is 10.4. The Hall–Kier alpha value is -0.590. The van der Waals surface area contributed by atoms with Crippen LogP contribution >= 0.6 is 0 Å². The minimum atomic E-state index is 0.199. The Morgan fingerprint density at radius 1 is 1.07 bits per heavy atom. The van der Waals surface area contributed by atoms with E-state index < -0.39 is 0 Å². The van der Waals surface area contributed by atoms with E-state index in [2.05, 4.69) is 27.4 Å². The van der Waals surface area contributed by atoms with E-state index in [0.29, 0.717) is 29.1 Å². The predicted octanol–water partition coefficient (Wildman–Crippen LogP) is 7.60. The van der Waals surface area contributed by atoms with Gasteiger partial charge in [-0.3, -0.25) is 4.79 Å². The minimum absolute atomic E-state index is 0.199. The summed E-state index contributed by atoms with van der Waals surface area (Å²) in [6, 6.07) is 0. The van der Waals surface area contributed by atoms with Crippen molar-refractivity contribution in [2.24, 2.45) is 46.3 Å². The summed E-state index contributed by atoms with van der Waals surface area (Å²) in [6.45, 7) is 13.3. The number of allylic oxidation sites excluding steroid dienone is 1. The van der Waals surface area contributed by atoms with Gasteiger partial charge in [-0.1, -0.05) is 40.2 Å². The predicted molar refractivity (Wildman–Crippen MR) is 118 cm³/mol. The first kappa shape index (κ1) is 19.4. The molecule has 4 aliphatic rings.